The quantitative estimate of drug-likeness (QED) is 0.885. The van der Waals surface area contributed by atoms with E-state index < -0.39 is 17.7 Å². The van der Waals surface area contributed by atoms with Crippen LogP contribution in [0.15, 0.2) is 12.3 Å². The highest BCUT2D eigenvalue weighted by Gasteiger charge is 2.42. The number of anilines is 1. The molecule has 0 aliphatic heterocycles. The van der Waals surface area contributed by atoms with Crippen LogP contribution in [-0.4, -0.2) is 16.8 Å². The summed E-state index contributed by atoms with van der Waals surface area (Å²) in [6.07, 6.45) is 1.37. The molecule has 1 aromatic heterocycles. The third-order valence-electron chi connectivity index (χ3n) is 2.63. The number of hydrogen-bond donors (Lipinski definition) is 1. The summed E-state index contributed by atoms with van der Waals surface area (Å²) in [6, 6.07) is 1.62. The molecule has 1 rings (SSSR count). The number of aromatic nitrogens is 1. The molecule has 0 bridgehead atoms. The summed E-state index contributed by atoms with van der Waals surface area (Å²) in [5.74, 6) is -5.71. The predicted octanol–water partition coefficient (Wildman–Crippen LogP) is 2.93. The molecule has 0 saturated carbocycles. The molecule has 0 aliphatic rings. The lowest BCUT2D eigenvalue weighted by molar-refractivity contribution is -0.145. The predicted molar refractivity (Wildman–Crippen MR) is 62.1 cm³/mol. The van der Waals surface area contributed by atoms with Gasteiger partial charge >= 0.3 is 5.92 Å². The van der Waals surface area contributed by atoms with Crippen LogP contribution in [0.25, 0.3) is 0 Å². The zero-order valence-corrected chi connectivity index (χ0v) is 10.3. The zero-order chi connectivity index (χ0) is 13.2. The highest BCUT2D eigenvalue weighted by atomic mass is 19.3. The van der Waals surface area contributed by atoms with Crippen molar-refractivity contribution in [2.75, 3.05) is 5.32 Å². The molecule has 17 heavy (non-hydrogen) atoms. The van der Waals surface area contributed by atoms with Crippen LogP contribution in [0.5, 0.6) is 0 Å². The number of carbonyl (C=O) groups excluding carboxylic acids is 1. The van der Waals surface area contributed by atoms with Crippen molar-refractivity contribution < 1.29 is 13.6 Å². The van der Waals surface area contributed by atoms with Gasteiger partial charge in [-0.3, -0.25) is 9.78 Å². The van der Waals surface area contributed by atoms with Gasteiger partial charge in [-0.1, -0.05) is 13.8 Å². The standard InChI is InChI=1S/C12H16F2N2O/c1-7(2)12(13,14)11(17)16-10-5-8(3)9(4)15-6-10/h5-7H,1-4H3,(H,16,17). The Kier molecular flexibility index (Phi) is 3.80. The molecule has 0 saturated heterocycles. The Hall–Kier alpha value is -1.52. The summed E-state index contributed by atoms with van der Waals surface area (Å²) in [5.41, 5.74) is 1.94. The van der Waals surface area contributed by atoms with Crippen LogP contribution in [0, 0.1) is 19.8 Å². The molecule has 5 heteroatoms. The Bertz CT molecular complexity index is 431. The van der Waals surface area contributed by atoms with Gasteiger partial charge in [0, 0.05) is 11.6 Å². The summed E-state index contributed by atoms with van der Waals surface area (Å²) in [4.78, 5) is 15.4. The van der Waals surface area contributed by atoms with Crippen LogP contribution in [-0.2, 0) is 4.79 Å². The van der Waals surface area contributed by atoms with Gasteiger partial charge in [-0.2, -0.15) is 8.78 Å². The molecule has 0 aromatic carbocycles. The summed E-state index contributed by atoms with van der Waals surface area (Å²) in [6.45, 7) is 6.22. The average molecular weight is 242 g/mol. The number of halogens is 2. The van der Waals surface area contributed by atoms with Crippen molar-refractivity contribution in [1.29, 1.82) is 0 Å². The fourth-order valence-electron chi connectivity index (χ4n) is 1.19. The molecule has 0 aliphatic carbocycles. The fraction of sp³-hybridized carbons (Fsp3) is 0.500. The lowest BCUT2D eigenvalue weighted by Crippen LogP contribution is -2.39. The monoisotopic (exact) mass is 242 g/mol. The van der Waals surface area contributed by atoms with Crippen LogP contribution >= 0.6 is 0 Å². The number of aryl methyl sites for hydroxylation is 2. The van der Waals surface area contributed by atoms with E-state index in [1.54, 1.807) is 13.0 Å². The summed E-state index contributed by atoms with van der Waals surface area (Å²) in [7, 11) is 0. The smallest absolute Gasteiger partial charge is 0.319 e. The molecule has 0 radical (unpaired) electrons. The van der Waals surface area contributed by atoms with Crippen LogP contribution in [0.2, 0.25) is 0 Å². The Morgan fingerprint density at radius 1 is 1.41 bits per heavy atom. The lowest BCUT2D eigenvalue weighted by atomic mass is 10.1. The van der Waals surface area contributed by atoms with Gasteiger partial charge in [-0.25, -0.2) is 0 Å². The highest BCUT2D eigenvalue weighted by molar-refractivity contribution is 5.96. The molecule has 1 N–H and O–H groups in total. The van der Waals surface area contributed by atoms with E-state index in [0.717, 1.165) is 11.3 Å². The first-order valence-electron chi connectivity index (χ1n) is 5.37. The van der Waals surface area contributed by atoms with Crippen molar-refractivity contribution in [2.24, 2.45) is 5.92 Å². The van der Waals surface area contributed by atoms with Crippen LogP contribution in [0.3, 0.4) is 0 Å². The number of alkyl halides is 2. The number of rotatable bonds is 3. The number of carbonyl (C=O) groups is 1. The van der Waals surface area contributed by atoms with Gasteiger partial charge in [0.2, 0.25) is 0 Å². The Morgan fingerprint density at radius 3 is 2.47 bits per heavy atom. The molecule has 1 aromatic rings. The van der Waals surface area contributed by atoms with E-state index in [1.165, 1.54) is 20.0 Å². The van der Waals surface area contributed by atoms with Crippen molar-refractivity contribution in [3.8, 4) is 0 Å². The van der Waals surface area contributed by atoms with E-state index in [2.05, 4.69) is 10.3 Å². The molecule has 0 unspecified atom stereocenters. The maximum absolute atomic E-state index is 13.4. The number of nitrogens with one attached hydrogen (secondary N) is 1. The van der Waals surface area contributed by atoms with Gasteiger partial charge in [-0.05, 0) is 25.5 Å². The van der Waals surface area contributed by atoms with Crippen molar-refractivity contribution in [1.82, 2.24) is 4.98 Å². The van der Waals surface area contributed by atoms with Crippen molar-refractivity contribution in [2.45, 2.75) is 33.6 Å². The normalized spacial score (nSPS) is 11.7. The first-order chi connectivity index (χ1) is 7.75. The summed E-state index contributed by atoms with van der Waals surface area (Å²) >= 11 is 0. The first kappa shape index (κ1) is 13.5. The van der Waals surface area contributed by atoms with Crippen LogP contribution < -0.4 is 5.32 Å². The van der Waals surface area contributed by atoms with E-state index in [0.29, 0.717) is 5.69 Å². The highest BCUT2D eigenvalue weighted by Crippen LogP contribution is 2.25. The second-order valence-corrected chi connectivity index (χ2v) is 4.36. The van der Waals surface area contributed by atoms with Gasteiger partial charge in [-0.15, -0.1) is 0 Å². The van der Waals surface area contributed by atoms with E-state index in [-0.39, 0.29) is 0 Å². The van der Waals surface area contributed by atoms with E-state index in [9.17, 15) is 13.6 Å². The molecule has 94 valence electrons. The Labute approximate surface area is 99.2 Å². The molecule has 0 atom stereocenters. The maximum Gasteiger partial charge on any atom is 0.327 e. The maximum atomic E-state index is 13.4. The SMILES string of the molecule is Cc1cc(NC(=O)C(F)(F)C(C)C)cnc1C. The minimum atomic E-state index is -3.38. The van der Waals surface area contributed by atoms with Crippen molar-refractivity contribution >= 4 is 11.6 Å². The zero-order valence-electron chi connectivity index (χ0n) is 10.3. The van der Waals surface area contributed by atoms with Crippen LogP contribution in [0.4, 0.5) is 14.5 Å². The van der Waals surface area contributed by atoms with Crippen LogP contribution in [0.1, 0.15) is 25.1 Å². The van der Waals surface area contributed by atoms with Gasteiger partial charge in [0.15, 0.2) is 0 Å². The fourth-order valence-corrected chi connectivity index (χ4v) is 1.19. The Balaban J connectivity index is 2.85. The topological polar surface area (TPSA) is 42.0 Å². The molecule has 3 nitrogen and oxygen atoms in total. The number of pyridine rings is 1. The number of hydrogen-bond acceptors (Lipinski definition) is 2. The van der Waals surface area contributed by atoms with Gasteiger partial charge in [0.05, 0.1) is 11.9 Å². The molecule has 0 fully saturated rings. The van der Waals surface area contributed by atoms with Gasteiger partial charge < -0.3 is 5.32 Å². The first-order valence-corrected chi connectivity index (χ1v) is 5.37. The van der Waals surface area contributed by atoms with Gasteiger partial charge in [0.25, 0.3) is 5.91 Å². The minimum Gasteiger partial charge on any atom is -0.319 e. The van der Waals surface area contributed by atoms with E-state index in [4.69, 9.17) is 0 Å². The molecule has 1 heterocycles. The second-order valence-electron chi connectivity index (χ2n) is 4.36. The van der Waals surface area contributed by atoms with Gasteiger partial charge in [0.1, 0.15) is 0 Å². The van der Waals surface area contributed by atoms with Crippen molar-refractivity contribution in [3.05, 3.63) is 23.5 Å². The largest absolute Gasteiger partial charge is 0.327 e. The summed E-state index contributed by atoms with van der Waals surface area (Å²) < 4.78 is 26.7. The number of nitrogens with zero attached hydrogens (tertiary/aromatic N) is 1. The third-order valence-corrected chi connectivity index (χ3v) is 2.63. The van der Waals surface area contributed by atoms with E-state index >= 15 is 0 Å². The second kappa shape index (κ2) is 4.77. The third kappa shape index (κ3) is 2.99. The van der Waals surface area contributed by atoms with E-state index in [1.807, 2.05) is 6.92 Å². The molecular weight excluding hydrogens is 226 g/mol. The Morgan fingerprint density at radius 2 is 2.00 bits per heavy atom. The molecule has 0 spiro atoms. The van der Waals surface area contributed by atoms with Crippen molar-refractivity contribution in [3.63, 3.8) is 0 Å². The number of amides is 1. The summed E-state index contributed by atoms with van der Waals surface area (Å²) in [5, 5.41) is 2.18. The minimum absolute atomic E-state index is 0.290. The molecular formula is C12H16F2N2O. The average Bonchev–Trinajstić information content (AvgIpc) is 2.23. The lowest BCUT2D eigenvalue weighted by Gasteiger charge is -2.19. The molecule has 1 amide bonds.